The summed E-state index contributed by atoms with van der Waals surface area (Å²) in [5.41, 5.74) is 10.5. The van der Waals surface area contributed by atoms with Gasteiger partial charge in [-0.3, -0.25) is 4.68 Å². The number of nitrogens with two attached hydrogens (primary N) is 1. The van der Waals surface area contributed by atoms with E-state index in [1.54, 1.807) is 18.0 Å². The predicted octanol–water partition coefficient (Wildman–Crippen LogP) is 2.39. The number of rotatable bonds is 7. The lowest BCUT2D eigenvalue weighted by atomic mass is 10.0. The van der Waals surface area contributed by atoms with E-state index in [0.717, 1.165) is 60.5 Å². The molecule has 2 atom stereocenters. The third-order valence-corrected chi connectivity index (χ3v) is 5.90. The molecule has 1 aliphatic carbocycles. The molecule has 0 radical (unpaired) electrons. The smallest absolute Gasteiger partial charge is 0.187 e. The lowest BCUT2D eigenvalue weighted by Gasteiger charge is -2.08. The predicted molar refractivity (Wildman–Crippen MR) is 117 cm³/mol. The molecule has 3 aromatic heterocycles. The van der Waals surface area contributed by atoms with E-state index in [2.05, 4.69) is 32.5 Å². The first-order chi connectivity index (χ1) is 15.2. The minimum Gasteiger partial charge on any atom is -0.383 e. The van der Waals surface area contributed by atoms with Crippen LogP contribution in [0.1, 0.15) is 25.1 Å². The highest BCUT2D eigenvalue weighted by Gasteiger charge is 2.23. The Morgan fingerprint density at radius 1 is 1.13 bits per heavy atom. The maximum Gasteiger partial charge on any atom is 0.187 e. The summed E-state index contributed by atoms with van der Waals surface area (Å²) in [7, 11) is 1.69. The molecule has 0 aliphatic heterocycles. The van der Waals surface area contributed by atoms with Crippen LogP contribution in [-0.2, 0) is 17.7 Å². The number of benzene rings is 1. The van der Waals surface area contributed by atoms with Crippen LogP contribution >= 0.6 is 0 Å². The Morgan fingerprint density at radius 3 is 2.77 bits per heavy atom. The van der Waals surface area contributed by atoms with Crippen molar-refractivity contribution in [1.29, 1.82) is 0 Å². The quantitative estimate of drug-likeness (QED) is 0.491. The lowest BCUT2D eigenvalue weighted by Crippen LogP contribution is -2.15. The Labute approximate surface area is 180 Å². The van der Waals surface area contributed by atoms with Crippen molar-refractivity contribution in [1.82, 2.24) is 34.7 Å². The van der Waals surface area contributed by atoms with Gasteiger partial charge in [0.2, 0.25) is 0 Å². The summed E-state index contributed by atoms with van der Waals surface area (Å²) in [5.74, 6) is 1.39. The summed E-state index contributed by atoms with van der Waals surface area (Å²) in [6, 6.07) is 8.47. The van der Waals surface area contributed by atoms with E-state index in [1.165, 1.54) is 0 Å². The van der Waals surface area contributed by atoms with Gasteiger partial charge < -0.3 is 10.5 Å². The van der Waals surface area contributed by atoms with E-state index < -0.39 is 0 Å². The summed E-state index contributed by atoms with van der Waals surface area (Å²) < 4.78 is 8.76. The molecule has 0 saturated heterocycles. The van der Waals surface area contributed by atoms with Gasteiger partial charge in [-0.1, -0.05) is 17.3 Å². The van der Waals surface area contributed by atoms with Crippen molar-refractivity contribution < 1.29 is 4.74 Å². The first kappa shape index (κ1) is 19.8. The van der Waals surface area contributed by atoms with Gasteiger partial charge in [0.05, 0.1) is 31.2 Å². The van der Waals surface area contributed by atoms with Crippen molar-refractivity contribution in [3.63, 3.8) is 0 Å². The molecule has 1 fully saturated rings. The molecule has 2 N–H and O–H groups in total. The third-order valence-electron chi connectivity index (χ3n) is 5.90. The average molecular weight is 419 g/mol. The van der Waals surface area contributed by atoms with Crippen molar-refractivity contribution >= 4 is 11.2 Å². The topological polar surface area (TPSA) is 110 Å². The fourth-order valence-electron chi connectivity index (χ4n) is 4.21. The van der Waals surface area contributed by atoms with E-state index >= 15 is 0 Å². The first-order valence-corrected chi connectivity index (χ1v) is 10.6. The Kier molecular flexibility index (Phi) is 5.44. The van der Waals surface area contributed by atoms with E-state index in [1.807, 2.05) is 29.2 Å². The second-order valence-electron chi connectivity index (χ2n) is 8.17. The molecule has 0 unspecified atom stereocenters. The van der Waals surface area contributed by atoms with Crippen molar-refractivity contribution in [3.8, 4) is 16.8 Å². The number of hydrogen-bond acceptors (Lipinski definition) is 7. The van der Waals surface area contributed by atoms with E-state index in [9.17, 15) is 0 Å². The number of methoxy groups -OCH3 is 1. The number of fused-ring (bicyclic) bond motifs is 1. The summed E-state index contributed by atoms with van der Waals surface area (Å²) in [6.07, 6.45) is 9.77. The van der Waals surface area contributed by atoms with Gasteiger partial charge in [0.25, 0.3) is 0 Å². The summed E-state index contributed by atoms with van der Waals surface area (Å²) in [4.78, 5) is 9.27. The summed E-state index contributed by atoms with van der Waals surface area (Å²) in [5, 5.41) is 12.9. The van der Waals surface area contributed by atoms with E-state index in [0.29, 0.717) is 24.1 Å². The Hall–Kier alpha value is -3.17. The molecular weight excluding hydrogens is 392 g/mol. The third kappa shape index (κ3) is 4.19. The fourth-order valence-corrected chi connectivity index (χ4v) is 4.21. The minimum atomic E-state index is 0.312. The van der Waals surface area contributed by atoms with Crippen LogP contribution in [-0.4, -0.2) is 54.5 Å². The molecule has 1 aliphatic rings. The zero-order chi connectivity index (χ0) is 21.2. The number of nitrogens with zero attached hydrogens (tertiary/aromatic N) is 7. The molecule has 9 heteroatoms. The zero-order valence-electron chi connectivity index (χ0n) is 17.6. The molecule has 1 saturated carbocycles. The van der Waals surface area contributed by atoms with Crippen LogP contribution in [0.2, 0.25) is 0 Å². The van der Waals surface area contributed by atoms with Crippen LogP contribution in [0.15, 0.2) is 42.9 Å². The Balaban J connectivity index is 1.37. The molecule has 3 heterocycles. The van der Waals surface area contributed by atoms with Gasteiger partial charge in [-0.25, -0.2) is 9.97 Å². The van der Waals surface area contributed by atoms with Gasteiger partial charge in [-0.15, -0.1) is 5.10 Å². The Morgan fingerprint density at radius 2 is 2.00 bits per heavy atom. The molecule has 5 rings (SSSR count). The maximum atomic E-state index is 6.05. The average Bonchev–Trinajstić information content (AvgIpc) is 3.52. The molecular formula is C22H26N8O. The second kappa shape index (κ2) is 8.52. The molecule has 9 nitrogen and oxygen atoms in total. The molecule has 160 valence electrons. The van der Waals surface area contributed by atoms with E-state index in [4.69, 9.17) is 15.5 Å². The number of hydrogen-bond donors (Lipinski definition) is 1. The van der Waals surface area contributed by atoms with Crippen LogP contribution in [0.3, 0.4) is 0 Å². The van der Waals surface area contributed by atoms with Crippen molar-refractivity contribution in [3.05, 3.63) is 48.7 Å². The van der Waals surface area contributed by atoms with Crippen LogP contribution in [0.4, 0.5) is 0 Å². The van der Waals surface area contributed by atoms with Crippen molar-refractivity contribution in [2.75, 3.05) is 13.7 Å². The van der Waals surface area contributed by atoms with Gasteiger partial charge in [0.1, 0.15) is 5.82 Å². The summed E-state index contributed by atoms with van der Waals surface area (Å²) >= 11 is 0. The monoisotopic (exact) mass is 418 g/mol. The van der Waals surface area contributed by atoms with Crippen molar-refractivity contribution in [2.24, 2.45) is 11.7 Å². The molecule has 0 spiro atoms. The fraction of sp³-hybridized carbons (Fsp3) is 0.409. The van der Waals surface area contributed by atoms with Gasteiger partial charge in [0, 0.05) is 31.3 Å². The minimum absolute atomic E-state index is 0.312. The van der Waals surface area contributed by atoms with Gasteiger partial charge in [0.15, 0.2) is 11.2 Å². The highest BCUT2D eigenvalue weighted by Crippen LogP contribution is 2.27. The van der Waals surface area contributed by atoms with Crippen LogP contribution < -0.4 is 5.73 Å². The van der Waals surface area contributed by atoms with Crippen LogP contribution in [0.5, 0.6) is 0 Å². The molecule has 0 bridgehead atoms. The number of ether oxygens (including phenoxy) is 1. The second-order valence-corrected chi connectivity index (χ2v) is 8.17. The molecule has 4 aromatic rings. The van der Waals surface area contributed by atoms with Gasteiger partial charge in [-0.05, 0) is 42.9 Å². The largest absolute Gasteiger partial charge is 0.383 e. The molecule has 31 heavy (non-hydrogen) atoms. The SMILES string of the molecule is COCCn1cc(-c2ccc(-n3nnc4cnc(C[C@@H]5CC[C@@H](N)C5)nc43)cc2)cn1. The summed E-state index contributed by atoms with van der Waals surface area (Å²) in [6.45, 7) is 1.37. The highest BCUT2D eigenvalue weighted by molar-refractivity contribution is 5.71. The Bertz CT molecular complexity index is 1170. The standard InChI is InChI=1S/C22H26N8O/c1-31-9-8-29-14-17(12-25-29)16-3-6-19(7-4-16)30-22-20(27-28-30)13-24-21(26-22)11-15-2-5-18(23)10-15/h3-4,6-7,12-15,18H,2,5,8-11,23H2,1H3/t15-,18-/m1/s1. The van der Waals surface area contributed by atoms with Gasteiger partial charge in [-0.2, -0.15) is 9.78 Å². The normalized spacial score (nSPS) is 18.8. The van der Waals surface area contributed by atoms with Crippen LogP contribution in [0, 0.1) is 5.92 Å². The van der Waals surface area contributed by atoms with Crippen molar-refractivity contribution in [2.45, 2.75) is 38.3 Å². The highest BCUT2D eigenvalue weighted by atomic mass is 16.5. The lowest BCUT2D eigenvalue weighted by molar-refractivity contribution is 0.183. The first-order valence-electron chi connectivity index (χ1n) is 10.6. The van der Waals surface area contributed by atoms with E-state index in [-0.39, 0.29) is 0 Å². The van der Waals surface area contributed by atoms with Crippen LogP contribution in [0.25, 0.3) is 28.0 Å². The molecule has 0 amide bonds. The van der Waals surface area contributed by atoms with Gasteiger partial charge >= 0.3 is 0 Å². The zero-order valence-corrected chi connectivity index (χ0v) is 17.6. The molecule has 1 aromatic carbocycles. The maximum absolute atomic E-state index is 6.05. The number of aromatic nitrogens is 7.